The summed E-state index contributed by atoms with van der Waals surface area (Å²) < 4.78 is 0. The maximum absolute atomic E-state index is 3.57. The molecule has 2 heteroatoms. The molecule has 74 valence electrons. The highest BCUT2D eigenvalue weighted by Crippen LogP contribution is 2.41. The van der Waals surface area contributed by atoms with Gasteiger partial charge in [0, 0.05) is 18.5 Å². The average Bonchev–Trinajstić information content (AvgIpc) is 2.41. The zero-order chi connectivity index (χ0) is 9.47. The number of fused-ring (bicyclic) bond motifs is 1. The fraction of sp³-hybridized carbons (Fsp3) is 0.818. The van der Waals surface area contributed by atoms with E-state index in [-0.39, 0.29) is 0 Å². The summed E-state index contributed by atoms with van der Waals surface area (Å²) in [7, 11) is 0. The molecular weight excluding hydrogens is 160 g/mol. The highest BCUT2D eigenvalue weighted by Gasteiger charge is 2.46. The molecule has 0 bridgehead atoms. The van der Waals surface area contributed by atoms with Crippen LogP contribution in [0.5, 0.6) is 0 Å². The van der Waals surface area contributed by atoms with E-state index >= 15 is 0 Å². The average molecular weight is 180 g/mol. The van der Waals surface area contributed by atoms with Gasteiger partial charge in [-0.1, -0.05) is 32.9 Å². The van der Waals surface area contributed by atoms with Crippen molar-refractivity contribution in [2.45, 2.75) is 26.9 Å². The van der Waals surface area contributed by atoms with Crippen molar-refractivity contribution in [2.75, 3.05) is 13.1 Å². The molecule has 0 radical (unpaired) electrons. The Morgan fingerprint density at radius 3 is 2.85 bits per heavy atom. The van der Waals surface area contributed by atoms with Crippen molar-refractivity contribution in [3.05, 3.63) is 12.2 Å². The molecule has 13 heavy (non-hydrogen) atoms. The van der Waals surface area contributed by atoms with Gasteiger partial charge in [-0.2, -0.15) is 0 Å². The van der Waals surface area contributed by atoms with E-state index in [0.717, 1.165) is 24.9 Å². The summed E-state index contributed by atoms with van der Waals surface area (Å²) in [4.78, 5) is 0. The maximum Gasteiger partial charge on any atom is 0.0668 e. The first-order valence-corrected chi connectivity index (χ1v) is 5.29. The fourth-order valence-corrected chi connectivity index (χ4v) is 2.86. The number of hydrogen-bond donors (Lipinski definition) is 2. The summed E-state index contributed by atoms with van der Waals surface area (Å²) in [6.07, 6.45) is 5.16. The molecule has 0 spiro atoms. The molecule has 0 aromatic heterocycles. The molecular formula is C11H20N2. The van der Waals surface area contributed by atoms with E-state index in [1.165, 1.54) is 0 Å². The molecule has 3 atom stereocenters. The molecule has 0 amide bonds. The van der Waals surface area contributed by atoms with Crippen molar-refractivity contribution < 1.29 is 0 Å². The van der Waals surface area contributed by atoms with Gasteiger partial charge in [-0.15, -0.1) is 0 Å². The summed E-state index contributed by atoms with van der Waals surface area (Å²) in [6.45, 7) is 9.17. The normalized spacial score (nSPS) is 44.0. The smallest absolute Gasteiger partial charge is 0.0668 e. The molecule has 3 unspecified atom stereocenters. The third-order valence-corrected chi connectivity index (χ3v) is 3.68. The molecule has 2 heterocycles. The van der Waals surface area contributed by atoms with Crippen LogP contribution in [0.15, 0.2) is 12.2 Å². The van der Waals surface area contributed by atoms with E-state index < -0.39 is 0 Å². The van der Waals surface area contributed by atoms with Crippen molar-refractivity contribution in [2.24, 2.45) is 17.3 Å². The Hall–Kier alpha value is -0.340. The van der Waals surface area contributed by atoms with Crippen LogP contribution >= 0.6 is 0 Å². The van der Waals surface area contributed by atoms with Crippen molar-refractivity contribution in [3.63, 3.8) is 0 Å². The lowest BCUT2D eigenvalue weighted by Gasteiger charge is -2.38. The van der Waals surface area contributed by atoms with E-state index in [4.69, 9.17) is 0 Å². The monoisotopic (exact) mass is 180 g/mol. The zero-order valence-electron chi connectivity index (χ0n) is 8.80. The molecule has 2 aliphatic rings. The molecule has 1 saturated heterocycles. The first-order valence-electron chi connectivity index (χ1n) is 5.29. The third-order valence-electron chi connectivity index (χ3n) is 3.68. The summed E-state index contributed by atoms with van der Waals surface area (Å²) in [5.41, 5.74) is 0.326. The topological polar surface area (TPSA) is 24.1 Å². The Kier molecular flexibility index (Phi) is 2.20. The van der Waals surface area contributed by atoms with E-state index in [2.05, 4.69) is 43.6 Å². The predicted molar refractivity (Wildman–Crippen MR) is 55.4 cm³/mol. The molecule has 2 rings (SSSR count). The maximum atomic E-state index is 3.57. The molecule has 0 aromatic carbocycles. The molecule has 0 saturated carbocycles. The van der Waals surface area contributed by atoms with Gasteiger partial charge in [-0.3, -0.25) is 5.32 Å². The van der Waals surface area contributed by atoms with Gasteiger partial charge in [0.05, 0.1) is 6.17 Å². The van der Waals surface area contributed by atoms with Crippen LogP contribution in [0.4, 0.5) is 0 Å². The summed E-state index contributed by atoms with van der Waals surface area (Å²) in [6, 6.07) is 0. The minimum absolute atomic E-state index is 0.326. The molecule has 0 aliphatic carbocycles. The quantitative estimate of drug-likeness (QED) is 0.595. The second-order valence-electron chi connectivity index (χ2n) is 4.87. The van der Waals surface area contributed by atoms with Crippen LogP contribution in [-0.4, -0.2) is 19.3 Å². The Bertz CT molecular complexity index is 222. The molecule has 1 fully saturated rings. The third kappa shape index (κ3) is 1.32. The van der Waals surface area contributed by atoms with Crippen LogP contribution in [-0.2, 0) is 0 Å². The van der Waals surface area contributed by atoms with Crippen LogP contribution in [0.25, 0.3) is 0 Å². The lowest BCUT2D eigenvalue weighted by Crippen LogP contribution is -2.49. The highest BCUT2D eigenvalue weighted by molar-refractivity contribution is 5.14. The van der Waals surface area contributed by atoms with Crippen molar-refractivity contribution >= 4 is 0 Å². The van der Waals surface area contributed by atoms with Crippen molar-refractivity contribution in [1.29, 1.82) is 0 Å². The SMILES string of the molecule is CC(C)C1CNC2NCC=CC21C. The minimum atomic E-state index is 0.326. The van der Waals surface area contributed by atoms with Gasteiger partial charge in [0.1, 0.15) is 0 Å². The lowest BCUT2D eigenvalue weighted by atomic mass is 9.71. The molecule has 0 aromatic rings. The Morgan fingerprint density at radius 2 is 2.15 bits per heavy atom. The standard InChI is InChI=1S/C11H20N2/c1-8(2)9-7-13-10-11(9,3)5-4-6-12-10/h4-5,8-10,12-13H,6-7H2,1-3H3. The lowest BCUT2D eigenvalue weighted by molar-refractivity contribution is 0.196. The van der Waals surface area contributed by atoms with Gasteiger partial charge in [-0.25, -0.2) is 0 Å². The zero-order valence-corrected chi connectivity index (χ0v) is 8.80. The van der Waals surface area contributed by atoms with E-state index in [1.54, 1.807) is 0 Å². The van der Waals surface area contributed by atoms with Gasteiger partial charge < -0.3 is 5.32 Å². The predicted octanol–water partition coefficient (Wildman–Crippen LogP) is 1.35. The second-order valence-corrected chi connectivity index (χ2v) is 4.87. The summed E-state index contributed by atoms with van der Waals surface area (Å²) in [5, 5.41) is 7.08. The van der Waals surface area contributed by atoms with Gasteiger partial charge in [0.15, 0.2) is 0 Å². The number of nitrogens with one attached hydrogen (secondary N) is 2. The van der Waals surface area contributed by atoms with Gasteiger partial charge in [0.25, 0.3) is 0 Å². The fourth-order valence-electron chi connectivity index (χ4n) is 2.86. The van der Waals surface area contributed by atoms with E-state index in [9.17, 15) is 0 Å². The first-order chi connectivity index (χ1) is 6.14. The van der Waals surface area contributed by atoms with Crippen LogP contribution in [0, 0.1) is 17.3 Å². The second kappa shape index (κ2) is 3.10. The van der Waals surface area contributed by atoms with E-state index in [1.807, 2.05) is 0 Å². The summed E-state index contributed by atoms with van der Waals surface area (Å²) in [5.74, 6) is 1.52. The number of rotatable bonds is 1. The van der Waals surface area contributed by atoms with Gasteiger partial charge in [-0.05, 0) is 11.8 Å². The Labute approximate surface area is 80.8 Å². The van der Waals surface area contributed by atoms with Gasteiger partial charge in [0.2, 0.25) is 0 Å². The molecule has 2 aliphatic heterocycles. The van der Waals surface area contributed by atoms with Crippen molar-refractivity contribution in [1.82, 2.24) is 10.6 Å². The van der Waals surface area contributed by atoms with Crippen LogP contribution in [0.2, 0.25) is 0 Å². The largest absolute Gasteiger partial charge is 0.301 e. The molecule has 2 nitrogen and oxygen atoms in total. The van der Waals surface area contributed by atoms with Gasteiger partial charge >= 0.3 is 0 Å². The Morgan fingerprint density at radius 1 is 1.38 bits per heavy atom. The Balaban J connectivity index is 2.25. The highest BCUT2D eigenvalue weighted by atomic mass is 15.2. The van der Waals surface area contributed by atoms with Crippen LogP contribution < -0.4 is 10.6 Å². The summed E-state index contributed by atoms with van der Waals surface area (Å²) >= 11 is 0. The number of hydrogen-bond acceptors (Lipinski definition) is 2. The van der Waals surface area contributed by atoms with Crippen LogP contribution in [0.3, 0.4) is 0 Å². The molecule has 2 N–H and O–H groups in total. The van der Waals surface area contributed by atoms with Crippen LogP contribution in [0.1, 0.15) is 20.8 Å². The minimum Gasteiger partial charge on any atom is -0.301 e. The van der Waals surface area contributed by atoms with E-state index in [0.29, 0.717) is 11.6 Å². The van der Waals surface area contributed by atoms with Crippen molar-refractivity contribution in [3.8, 4) is 0 Å². The first kappa shape index (κ1) is 9.22.